The Morgan fingerprint density at radius 1 is 1.15 bits per heavy atom. The highest BCUT2D eigenvalue weighted by molar-refractivity contribution is 7.86. The van der Waals surface area contributed by atoms with Crippen LogP contribution >= 0.6 is 0 Å². The van der Waals surface area contributed by atoms with E-state index in [9.17, 15) is 26.8 Å². The molecule has 0 radical (unpaired) electrons. The number of alkyl halides is 2. The van der Waals surface area contributed by atoms with Crippen LogP contribution in [-0.2, 0) is 19.6 Å². The number of rotatable bonds is 6. The first-order valence-corrected chi connectivity index (χ1v) is 8.37. The van der Waals surface area contributed by atoms with Crippen molar-refractivity contribution in [3.8, 4) is 5.75 Å². The molecular formula is C16H12F2O7S. The monoisotopic (exact) mass is 386 g/mol. The van der Waals surface area contributed by atoms with Gasteiger partial charge < -0.3 is 9.47 Å². The maximum absolute atomic E-state index is 13.1. The van der Waals surface area contributed by atoms with Gasteiger partial charge in [-0.05, 0) is 35.0 Å². The molecule has 0 spiro atoms. The Bertz CT molecular complexity index is 983. The first-order chi connectivity index (χ1) is 12.0. The molecule has 0 heterocycles. The summed E-state index contributed by atoms with van der Waals surface area (Å²) in [5, 5.41) is -3.51. The van der Waals surface area contributed by atoms with Gasteiger partial charge in [0, 0.05) is 6.08 Å². The van der Waals surface area contributed by atoms with Crippen molar-refractivity contribution in [2.24, 2.45) is 0 Å². The van der Waals surface area contributed by atoms with Gasteiger partial charge in [-0.25, -0.2) is 9.59 Å². The van der Waals surface area contributed by atoms with Gasteiger partial charge in [0.15, 0.2) is 6.61 Å². The lowest BCUT2D eigenvalue weighted by molar-refractivity contribution is -0.128. The van der Waals surface area contributed by atoms with Gasteiger partial charge in [-0.3, -0.25) is 4.55 Å². The highest BCUT2D eigenvalue weighted by Gasteiger charge is 2.45. The Hall–Kier alpha value is -2.85. The van der Waals surface area contributed by atoms with E-state index in [1.54, 1.807) is 0 Å². The maximum Gasteiger partial charge on any atom is 0.402 e. The Morgan fingerprint density at radius 2 is 1.77 bits per heavy atom. The van der Waals surface area contributed by atoms with E-state index in [0.717, 1.165) is 6.08 Å². The lowest BCUT2D eigenvalue weighted by Crippen LogP contribution is -2.34. The Balaban J connectivity index is 2.18. The molecule has 138 valence electrons. The smallest absolute Gasteiger partial charge is 0.402 e. The van der Waals surface area contributed by atoms with Crippen molar-refractivity contribution < 1.29 is 40.8 Å². The van der Waals surface area contributed by atoms with Crippen molar-refractivity contribution in [1.82, 2.24) is 0 Å². The fraction of sp³-hybridized carbons (Fsp3) is 0.125. The van der Waals surface area contributed by atoms with E-state index in [4.69, 9.17) is 9.29 Å². The van der Waals surface area contributed by atoms with Crippen molar-refractivity contribution in [3.63, 3.8) is 0 Å². The normalized spacial score (nSPS) is 11.8. The van der Waals surface area contributed by atoms with E-state index in [0.29, 0.717) is 10.8 Å². The van der Waals surface area contributed by atoms with Crippen LogP contribution in [-0.4, -0.2) is 36.8 Å². The van der Waals surface area contributed by atoms with Crippen LogP contribution in [0.5, 0.6) is 5.75 Å². The van der Waals surface area contributed by atoms with Gasteiger partial charge in [-0.15, -0.1) is 0 Å². The van der Waals surface area contributed by atoms with Gasteiger partial charge in [0.05, 0.1) is 5.56 Å². The van der Waals surface area contributed by atoms with Crippen molar-refractivity contribution in [2.75, 3.05) is 6.61 Å². The summed E-state index contributed by atoms with van der Waals surface area (Å²) in [7, 11) is -5.69. The molecule has 0 saturated carbocycles. The first-order valence-electron chi connectivity index (χ1n) is 6.93. The summed E-state index contributed by atoms with van der Waals surface area (Å²) in [5.74, 6) is -1.60. The third kappa shape index (κ3) is 4.41. The third-order valence-corrected chi connectivity index (χ3v) is 4.05. The van der Waals surface area contributed by atoms with Crippen LogP contribution in [0, 0.1) is 0 Å². The minimum atomic E-state index is -5.69. The summed E-state index contributed by atoms with van der Waals surface area (Å²) in [6, 6.07) is 8.52. The molecule has 0 fully saturated rings. The fourth-order valence-corrected chi connectivity index (χ4v) is 2.09. The van der Waals surface area contributed by atoms with Crippen LogP contribution < -0.4 is 4.74 Å². The second-order valence-corrected chi connectivity index (χ2v) is 6.58. The van der Waals surface area contributed by atoms with E-state index >= 15 is 0 Å². The summed E-state index contributed by atoms with van der Waals surface area (Å²) >= 11 is 0. The van der Waals surface area contributed by atoms with E-state index < -0.39 is 33.9 Å². The number of carbonyl (C=O) groups excluding carboxylic acids is 2. The second-order valence-electron chi connectivity index (χ2n) is 5.04. The Kier molecular flexibility index (Phi) is 5.38. The largest absolute Gasteiger partial charge is 0.454 e. The van der Waals surface area contributed by atoms with Gasteiger partial charge in [-0.1, -0.05) is 18.7 Å². The number of carbonyl (C=O) groups is 2. The molecule has 2 aromatic carbocycles. The minimum absolute atomic E-state index is 0.112. The molecule has 0 aromatic heterocycles. The second kappa shape index (κ2) is 7.18. The molecule has 7 nitrogen and oxygen atoms in total. The van der Waals surface area contributed by atoms with Crippen LogP contribution in [0.2, 0.25) is 0 Å². The predicted octanol–water partition coefficient (Wildman–Crippen LogP) is 2.57. The molecule has 0 bridgehead atoms. The molecule has 1 N–H and O–H groups in total. The van der Waals surface area contributed by atoms with Crippen LogP contribution in [0.1, 0.15) is 10.4 Å². The number of hydrogen-bond donors (Lipinski definition) is 1. The van der Waals surface area contributed by atoms with Crippen molar-refractivity contribution >= 4 is 32.8 Å². The summed E-state index contributed by atoms with van der Waals surface area (Å²) in [6.07, 6.45) is 0.992. The van der Waals surface area contributed by atoms with E-state index in [1.807, 2.05) is 0 Å². The highest BCUT2D eigenvalue weighted by atomic mass is 32.2. The topological polar surface area (TPSA) is 107 Å². The van der Waals surface area contributed by atoms with E-state index in [-0.39, 0.29) is 11.3 Å². The van der Waals surface area contributed by atoms with Crippen molar-refractivity contribution in [2.45, 2.75) is 5.25 Å². The molecule has 2 aromatic rings. The van der Waals surface area contributed by atoms with Gasteiger partial charge in [0.2, 0.25) is 0 Å². The maximum atomic E-state index is 13.1. The van der Waals surface area contributed by atoms with Crippen molar-refractivity contribution in [3.05, 3.63) is 54.6 Å². The van der Waals surface area contributed by atoms with Gasteiger partial charge >= 0.3 is 27.3 Å². The zero-order valence-electron chi connectivity index (χ0n) is 13.0. The molecule has 0 aliphatic carbocycles. The first kappa shape index (κ1) is 19.5. The summed E-state index contributed by atoms with van der Waals surface area (Å²) in [5.41, 5.74) is -0.112. The molecular weight excluding hydrogens is 374 g/mol. The number of benzene rings is 2. The highest BCUT2D eigenvalue weighted by Crippen LogP contribution is 2.24. The van der Waals surface area contributed by atoms with Crippen molar-refractivity contribution in [1.29, 1.82) is 0 Å². The molecule has 0 saturated heterocycles. The van der Waals surface area contributed by atoms with E-state index in [2.05, 4.69) is 11.3 Å². The molecule has 0 unspecified atom stereocenters. The Morgan fingerprint density at radius 3 is 2.38 bits per heavy atom. The summed E-state index contributed by atoms with van der Waals surface area (Å²) < 4.78 is 64.7. The summed E-state index contributed by atoms with van der Waals surface area (Å²) in [4.78, 5) is 23.0. The van der Waals surface area contributed by atoms with Crippen LogP contribution in [0.15, 0.2) is 49.1 Å². The fourth-order valence-electron chi connectivity index (χ4n) is 1.88. The third-order valence-electron chi connectivity index (χ3n) is 3.18. The summed E-state index contributed by atoms with van der Waals surface area (Å²) in [6.45, 7) is 1.45. The number of hydrogen-bond acceptors (Lipinski definition) is 6. The lowest BCUT2D eigenvalue weighted by atomic mass is 10.1. The zero-order valence-corrected chi connectivity index (χ0v) is 13.8. The molecule has 2 rings (SSSR count). The molecule has 0 aliphatic rings. The zero-order chi connectivity index (χ0) is 19.5. The van der Waals surface area contributed by atoms with Gasteiger partial charge in [-0.2, -0.15) is 17.2 Å². The van der Waals surface area contributed by atoms with Crippen LogP contribution in [0.4, 0.5) is 8.78 Å². The molecule has 26 heavy (non-hydrogen) atoms. The predicted molar refractivity (Wildman–Crippen MR) is 86.6 cm³/mol. The molecule has 0 amide bonds. The average molecular weight is 386 g/mol. The Labute approximate surface area is 146 Å². The SMILES string of the molecule is C=CC(=O)Oc1ccc2cc(C(=O)OCC(F)(F)S(=O)(=O)O)ccc2c1. The standard InChI is InChI=1S/C16H12F2O7S/c1-2-14(19)25-13-6-5-10-7-12(4-3-11(10)8-13)15(20)24-9-16(17,18)26(21,22)23/h2-8H,1,9H2,(H,21,22,23). The number of esters is 2. The van der Waals surface area contributed by atoms with Gasteiger partial charge in [0.1, 0.15) is 5.75 Å². The minimum Gasteiger partial charge on any atom is -0.454 e. The molecule has 10 heteroatoms. The molecule has 0 atom stereocenters. The van der Waals surface area contributed by atoms with Crippen LogP contribution in [0.3, 0.4) is 0 Å². The van der Waals surface area contributed by atoms with Gasteiger partial charge in [0.25, 0.3) is 0 Å². The van der Waals surface area contributed by atoms with Crippen LogP contribution in [0.25, 0.3) is 10.8 Å². The lowest BCUT2D eigenvalue weighted by Gasteiger charge is -2.13. The average Bonchev–Trinajstić information content (AvgIpc) is 2.58. The number of fused-ring (bicyclic) bond motifs is 1. The number of ether oxygens (including phenoxy) is 2. The van der Waals surface area contributed by atoms with E-state index in [1.165, 1.54) is 36.4 Å². The quantitative estimate of drug-likeness (QED) is 0.352. The molecule has 0 aliphatic heterocycles. The number of halogens is 2.